The van der Waals surface area contributed by atoms with Gasteiger partial charge in [0.15, 0.2) is 0 Å². The number of fused-ring (bicyclic) bond motifs is 2. The van der Waals surface area contributed by atoms with Crippen molar-refractivity contribution in [1.29, 1.82) is 0 Å². The van der Waals surface area contributed by atoms with Crippen LogP contribution in [0.4, 0.5) is 5.69 Å². The van der Waals surface area contributed by atoms with Crippen LogP contribution < -0.4 is 10.0 Å². The van der Waals surface area contributed by atoms with Crippen molar-refractivity contribution in [3.63, 3.8) is 0 Å². The van der Waals surface area contributed by atoms with Crippen LogP contribution in [0.1, 0.15) is 46.5 Å². The summed E-state index contributed by atoms with van der Waals surface area (Å²) in [7, 11) is -3.38. The van der Waals surface area contributed by atoms with Crippen LogP contribution in [0.3, 0.4) is 0 Å². The first-order chi connectivity index (χ1) is 14.6. The van der Waals surface area contributed by atoms with Gasteiger partial charge in [-0.2, -0.15) is 0 Å². The number of hydrogen-bond donors (Lipinski definition) is 2. The Morgan fingerprint density at radius 3 is 2.13 bits per heavy atom. The van der Waals surface area contributed by atoms with Gasteiger partial charge in [-0.05, 0) is 80.8 Å². The Labute approximate surface area is 184 Å². The summed E-state index contributed by atoms with van der Waals surface area (Å²) in [5.41, 5.74) is 0.823. The maximum absolute atomic E-state index is 13.0. The fourth-order valence-electron chi connectivity index (χ4n) is 4.18. The molecular formula is C25H30N2O3S. The van der Waals surface area contributed by atoms with Crippen molar-refractivity contribution in [2.24, 2.45) is 5.92 Å². The second-order valence-electron chi connectivity index (χ2n) is 9.50. The lowest BCUT2D eigenvalue weighted by atomic mass is 9.86. The van der Waals surface area contributed by atoms with Gasteiger partial charge in [-0.25, -0.2) is 13.1 Å². The molecule has 0 aliphatic heterocycles. The highest BCUT2D eigenvalue weighted by atomic mass is 32.2. The zero-order chi connectivity index (χ0) is 22.2. The molecule has 3 aromatic carbocycles. The third-order valence-electron chi connectivity index (χ3n) is 6.23. The average Bonchev–Trinajstić information content (AvgIpc) is 2.72. The summed E-state index contributed by atoms with van der Waals surface area (Å²) in [6, 6.07) is 18.3. The van der Waals surface area contributed by atoms with Gasteiger partial charge in [0.25, 0.3) is 0 Å². The van der Waals surface area contributed by atoms with Gasteiger partial charge in [0.05, 0.1) is 4.75 Å². The molecule has 0 spiro atoms. The van der Waals surface area contributed by atoms with Gasteiger partial charge in [-0.3, -0.25) is 4.79 Å². The van der Waals surface area contributed by atoms with Gasteiger partial charge in [0.2, 0.25) is 15.9 Å². The third kappa shape index (κ3) is 4.60. The summed E-state index contributed by atoms with van der Waals surface area (Å²) in [5, 5.41) is 7.57. The zero-order valence-electron chi connectivity index (χ0n) is 18.3. The highest BCUT2D eigenvalue weighted by Crippen LogP contribution is 2.31. The summed E-state index contributed by atoms with van der Waals surface area (Å²) in [6.07, 6.45) is 2.70. The Morgan fingerprint density at radius 2 is 1.48 bits per heavy atom. The van der Waals surface area contributed by atoms with Gasteiger partial charge in [-0.1, -0.05) is 36.4 Å². The maximum Gasteiger partial charge on any atom is 0.227 e. The maximum atomic E-state index is 13.0. The third-order valence-corrected chi connectivity index (χ3v) is 8.49. The molecule has 3 aromatic rings. The quantitative estimate of drug-likeness (QED) is 0.549. The lowest BCUT2D eigenvalue weighted by Gasteiger charge is -2.30. The summed E-state index contributed by atoms with van der Waals surface area (Å²) >= 11 is 0. The van der Waals surface area contributed by atoms with E-state index in [2.05, 4.69) is 40.4 Å². The number of rotatable bonds is 4. The molecule has 0 bridgehead atoms. The van der Waals surface area contributed by atoms with Crippen molar-refractivity contribution in [2.45, 2.75) is 57.2 Å². The molecule has 1 fully saturated rings. The van der Waals surface area contributed by atoms with Crippen LogP contribution in [-0.4, -0.2) is 25.1 Å². The molecule has 0 heterocycles. The Balaban J connectivity index is 1.45. The first-order valence-corrected chi connectivity index (χ1v) is 12.4. The molecule has 0 unspecified atom stereocenters. The lowest BCUT2D eigenvalue weighted by molar-refractivity contribution is -0.120. The highest BCUT2D eigenvalue weighted by Gasteiger charge is 2.34. The second-order valence-corrected chi connectivity index (χ2v) is 12.0. The summed E-state index contributed by atoms with van der Waals surface area (Å²) in [4.78, 5) is 13.0. The van der Waals surface area contributed by atoms with Gasteiger partial charge < -0.3 is 5.32 Å². The molecule has 6 heteroatoms. The molecule has 31 heavy (non-hydrogen) atoms. The van der Waals surface area contributed by atoms with Crippen LogP contribution in [0.25, 0.3) is 21.5 Å². The van der Waals surface area contributed by atoms with E-state index in [1.54, 1.807) is 20.8 Å². The Kier molecular flexibility index (Phi) is 5.79. The van der Waals surface area contributed by atoms with Crippen molar-refractivity contribution in [3.8, 4) is 0 Å². The number of carbonyl (C=O) groups is 1. The summed E-state index contributed by atoms with van der Waals surface area (Å²) < 4.78 is 26.8. The smallest absolute Gasteiger partial charge is 0.227 e. The van der Waals surface area contributed by atoms with E-state index in [-0.39, 0.29) is 17.9 Å². The molecule has 164 valence electrons. The molecule has 1 saturated carbocycles. The van der Waals surface area contributed by atoms with Gasteiger partial charge in [0, 0.05) is 23.0 Å². The molecule has 5 nitrogen and oxygen atoms in total. The SMILES string of the molecule is CC(C)(C)S(=O)(=O)N[C@H]1CC[C@H](C(=O)Nc2cccc3cc4ccccc4cc23)CC1. The van der Waals surface area contributed by atoms with E-state index in [1.807, 2.05) is 24.3 Å². The van der Waals surface area contributed by atoms with E-state index in [4.69, 9.17) is 0 Å². The first kappa shape index (κ1) is 21.8. The van der Waals surface area contributed by atoms with E-state index in [0.29, 0.717) is 25.7 Å². The number of sulfonamides is 1. The predicted molar refractivity (Wildman–Crippen MR) is 128 cm³/mol. The average molecular weight is 439 g/mol. The van der Waals surface area contributed by atoms with Crippen LogP contribution in [-0.2, 0) is 14.8 Å². The van der Waals surface area contributed by atoms with Crippen LogP contribution >= 0.6 is 0 Å². The van der Waals surface area contributed by atoms with Crippen molar-refractivity contribution >= 4 is 43.2 Å². The Hall–Kier alpha value is -2.44. The minimum Gasteiger partial charge on any atom is -0.325 e. The van der Waals surface area contributed by atoms with Crippen molar-refractivity contribution in [2.75, 3.05) is 5.32 Å². The predicted octanol–water partition coefficient (Wildman–Crippen LogP) is 5.21. The van der Waals surface area contributed by atoms with Crippen molar-refractivity contribution < 1.29 is 13.2 Å². The summed E-state index contributed by atoms with van der Waals surface area (Å²) in [6.45, 7) is 5.09. The summed E-state index contributed by atoms with van der Waals surface area (Å²) in [5.74, 6) is -0.0936. The standard InChI is InChI=1S/C25H30N2O3S/c1-25(2,3)31(29,30)27-21-13-11-17(12-14-21)24(28)26-23-10-6-9-20-15-18-7-4-5-8-19(18)16-22(20)23/h4-10,15-17,21,27H,11-14H2,1-3H3,(H,26,28)/t17-,21-. The minimum absolute atomic E-state index is 0.0118. The van der Waals surface area contributed by atoms with Gasteiger partial charge in [0.1, 0.15) is 0 Å². The Bertz CT molecular complexity index is 1220. The number of amides is 1. The molecule has 4 rings (SSSR count). The van der Waals surface area contributed by atoms with E-state index in [1.165, 1.54) is 5.39 Å². The number of carbonyl (C=O) groups excluding carboxylic acids is 1. The number of nitrogens with one attached hydrogen (secondary N) is 2. The zero-order valence-corrected chi connectivity index (χ0v) is 19.1. The number of benzene rings is 3. The first-order valence-electron chi connectivity index (χ1n) is 10.9. The lowest BCUT2D eigenvalue weighted by Crippen LogP contribution is -2.46. The molecule has 0 saturated heterocycles. The second kappa shape index (κ2) is 8.24. The van der Waals surface area contributed by atoms with E-state index < -0.39 is 14.8 Å². The Morgan fingerprint density at radius 1 is 0.871 bits per heavy atom. The van der Waals surface area contributed by atoms with E-state index >= 15 is 0 Å². The fourth-order valence-corrected chi connectivity index (χ4v) is 5.21. The number of anilines is 1. The molecule has 1 aliphatic carbocycles. The molecule has 1 amide bonds. The van der Waals surface area contributed by atoms with Crippen molar-refractivity contribution in [1.82, 2.24) is 4.72 Å². The van der Waals surface area contributed by atoms with Crippen LogP contribution in [0.5, 0.6) is 0 Å². The van der Waals surface area contributed by atoms with Gasteiger partial charge in [-0.15, -0.1) is 0 Å². The number of hydrogen-bond acceptors (Lipinski definition) is 3. The minimum atomic E-state index is -3.38. The molecule has 1 aliphatic rings. The largest absolute Gasteiger partial charge is 0.325 e. The molecule has 0 atom stereocenters. The molecule has 0 radical (unpaired) electrons. The topological polar surface area (TPSA) is 75.3 Å². The normalized spacial score (nSPS) is 20.1. The van der Waals surface area contributed by atoms with Crippen LogP contribution in [0.15, 0.2) is 54.6 Å². The van der Waals surface area contributed by atoms with Crippen LogP contribution in [0.2, 0.25) is 0 Å². The molecular weight excluding hydrogens is 408 g/mol. The van der Waals surface area contributed by atoms with E-state index in [0.717, 1.165) is 21.8 Å². The molecule has 2 N–H and O–H groups in total. The highest BCUT2D eigenvalue weighted by molar-refractivity contribution is 7.90. The van der Waals surface area contributed by atoms with E-state index in [9.17, 15) is 13.2 Å². The fraction of sp³-hybridized carbons (Fsp3) is 0.400. The molecule has 0 aromatic heterocycles. The van der Waals surface area contributed by atoms with Gasteiger partial charge >= 0.3 is 0 Å². The van der Waals surface area contributed by atoms with Crippen LogP contribution in [0, 0.1) is 5.92 Å². The van der Waals surface area contributed by atoms with Crippen molar-refractivity contribution in [3.05, 3.63) is 54.6 Å². The monoisotopic (exact) mass is 438 g/mol.